The molecule has 1 aromatic heterocycles. The van der Waals surface area contributed by atoms with Crippen LogP contribution in [0.15, 0.2) is 47.9 Å². The van der Waals surface area contributed by atoms with E-state index in [4.69, 9.17) is 29.4 Å². The SMILES string of the molecule is COc1cccc(-c2[nH]nc3c2[C@@H](c2cc(OC)c(OC)c(OC)c2)C(C#N)=C(N)O3)c1. The number of nitrogens with two attached hydrogens (primary N) is 1. The number of methoxy groups -OCH3 is 4. The van der Waals surface area contributed by atoms with Crippen molar-refractivity contribution in [3.63, 3.8) is 0 Å². The number of nitrogens with zero attached hydrogens (tertiary/aromatic N) is 2. The highest BCUT2D eigenvalue weighted by Crippen LogP contribution is 2.49. The van der Waals surface area contributed by atoms with Gasteiger partial charge in [-0.15, -0.1) is 5.10 Å². The molecule has 9 nitrogen and oxygen atoms in total. The predicted molar refractivity (Wildman–Crippen MR) is 116 cm³/mol. The van der Waals surface area contributed by atoms with Crippen molar-refractivity contribution in [2.75, 3.05) is 28.4 Å². The van der Waals surface area contributed by atoms with Crippen LogP contribution in [0.5, 0.6) is 28.9 Å². The van der Waals surface area contributed by atoms with Crippen molar-refractivity contribution >= 4 is 0 Å². The number of benzene rings is 2. The third-order valence-electron chi connectivity index (χ3n) is 5.32. The number of aromatic nitrogens is 2. The summed E-state index contributed by atoms with van der Waals surface area (Å²) in [7, 11) is 6.19. The zero-order valence-electron chi connectivity index (χ0n) is 18.1. The van der Waals surface area contributed by atoms with Crippen molar-refractivity contribution in [3.8, 4) is 46.2 Å². The molecular formula is C23H22N4O5. The van der Waals surface area contributed by atoms with Gasteiger partial charge in [-0.2, -0.15) is 5.26 Å². The van der Waals surface area contributed by atoms with Crippen molar-refractivity contribution in [2.24, 2.45) is 5.73 Å². The average Bonchev–Trinajstić information content (AvgIpc) is 3.25. The lowest BCUT2D eigenvalue weighted by atomic mass is 9.82. The van der Waals surface area contributed by atoms with Crippen molar-refractivity contribution in [1.82, 2.24) is 10.2 Å². The number of nitrogens with one attached hydrogen (secondary N) is 1. The third kappa shape index (κ3) is 3.32. The van der Waals surface area contributed by atoms with Gasteiger partial charge < -0.3 is 29.4 Å². The summed E-state index contributed by atoms with van der Waals surface area (Å²) in [6.45, 7) is 0. The smallest absolute Gasteiger partial charge is 0.244 e. The molecule has 0 spiro atoms. The molecule has 32 heavy (non-hydrogen) atoms. The number of allylic oxidation sites excluding steroid dienone is 1. The van der Waals surface area contributed by atoms with Gasteiger partial charge in [-0.3, -0.25) is 5.10 Å². The zero-order valence-corrected chi connectivity index (χ0v) is 18.1. The molecule has 2 heterocycles. The second kappa shape index (κ2) is 8.43. The van der Waals surface area contributed by atoms with E-state index >= 15 is 0 Å². The highest BCUT2D eigenvalue weighted by atomic mass is 16.5. The molecule has 9 heteroatoms. The summed E-state index contributed by atoms with van der Waals surface area (Å²) in [6.07, 6.45) is 0. The quantitative estimate of drug-likeness (QED) is 0.605. The Kier molecular flexibility index (Phi) is 5.52. The molecule has 2 aromatic carbocycles. The summed E-state index contributed by atoms with van der Waals surface area (Å²) in [5.41, 5.74) is 9.21. The molecule has 0 fully saturated rings. The lowest BCUT2D eigenvalue weighted by Crippen LogP contribution is -2.21. The summed E-state index contributed by atoms with van der Waals surface area (Å²) in [5.74, 6) is 1.73. The van der Waals surface area contributed by atoms with E-state index in [0.29, 0.717) is 39.8 Å². The normalized spacial score (nSPS) is 14.8. The van der Waals surface area contributed by atoms with E-state index in [1.54, 1.807) is 19.2 Å². The Morgan fingerprint density at radius 2 is 1.75 bits per heavy atom. The van der Waals surface area contributed by atoms with E-state index in [9.17, 15) is 5.26 Å². The molecule has 0 saturated heterocycles. The van der Waals surface area contributed by atoms with Crippen LogP contribution in [0.25, 0.3) is 11.3 Å². The molecule has 0 bridgehead atoms. The first-order chi connectivity index (χ1) is 15.6. The lowest BCUT2D eigenvalue weighted by Gasteiger charge is -2.25. The summed E-state index contributed by atoms with van der Waals surface area (Å²) in [4.78, 5) is 0. The molecule has 4 rings (SSSR count). The van der Waals surface area contributed by atoms with Crippen LogP contribution in [0.1, 0.15) is 17.0 Å². The van der Waals surface area contributed by atoms with Gasteiger partial charge in [0.2, 0.25) is 17.5 Å². The minimum absolute atomic E-state index is 0.0116. The van der Waals surface area contributed by atoms with Gasteiger partial charge in [-0.25, -0.2) is 0 Å². The largest absolute Gasteiger partial charge is 0.497 e. The fourth-order valence-electron chi connectivity index (χ4n) is 3.85. The van der Waals surface area contributed by atoms with E-state index in [2.05, 4.69) is 16.3 Å². The molecule has 0 aliphatic carbocycles. The molecule has 164 valence electrons. The van der Waals surface area contributed by atoms with Gasteiger partial charge >= 0.3 is 0 Å². The maximum absolute atomic E-state index is 9.95. The summed E-state index contributed by atoms with van der Waals surface area (Å²) < 4.78 is 27.5. The zero-order chi connectivity index (χ0) is 22.8. The van der Waals surface area contributed by atoms with Gasteiger partial charge in [0.1, 0.15) is 17.4 Å². The number of rotatable bonds is 6. The van der Waals surface area contributed by atoms with E-state index < -0.39 is 5.92 Å². The van der Waals surface area contributed by atoms with Crippen LogP contribution in [-0.4, -0.2) is 38.6 Å². The second-order valence-corrected chi connectivity index (χ2v) is 6.93. The minimum atomic E-state index is -0.586. The van der Waals surface area contributed by atoms with Crippen LogP contribution in [0, 0.1) is 11.3 Å². The Labute approximate surface area is 184 Å². The van der Waals surface area contributed by atoms with E-state index in [1.165, 1.54) is 21.3 Å². The maximum atomic E-state index is 9.95. The number of fused-ring (bicyclic) bond motifs is 1. The molecule has 0 amide bonds. The molecule has 3 N–H and O–H groups in total. The standard InChI is InChI=1S/C23H22N4O5/c1-28-14-7-5-6-12(8-14)20-19-18(15(11-24)22(25)32-23(19)27-26-20)13-9-16(29-2)21(31-4)17(10-13)30-3/h5-10,18H,25H2,1-4H3,(H,26,27)/t18-/m0/s1. The summed E-state index contributed by atoms with van der Waals surface area (Å²) in [5, 5.41) is 17.3. The number of hydrogen-bond donors (Lipinski definition) is 2. The summed E-state index contributed by atoms with van der Waals surface area (Å²) in [6, 6.07) is 13.3. The predicted octanol–water partition coefficient (Wildman–Crippen LogP) is 3.33. The van der Waals surface area contributed by atoms with Crippen LogP contribution < -0.4 is 29.4 Å². The molecule has 1 aliphatic rings. The van der Waals surface area contributed by atoms with Crippen molar-refractivity contribution < 1.29 is 23.7 Å². The fourth-order valence-corrected chi connectivity index (χ4v) is 3.85. The van der Waals surface area contributed by atoms with E-state index in [-0.39, 0.29) is 17.3 Å². The summed E-state index contributed by atoms with van der Waals surface area (Å²) >= 11 is 0. The Bertz CT molecular complexity index is 1220. The second-order valence-electron chi connectivity index (χ2n) is 6.93. The first kappa shape index (κ1) is 20.9. The first-order valence-corrected chi connectivity index (χ1v) is 9.66. The highest BCUT2D eigenvalue weighted by molar-refractivity contribution is 5.72. The van der Waals surface area contributed by atoms with Gasteiger partial charge in [0.15, 0.2) is 11.5 Å². The average molecular weight is 434 g/mol. The lowest BCUT2D eigenvalue weighted by molar-refractivity contribution is 0.323. The van der Waals surface area contributed by atoms with Gasteiger partial charge in [-0.1, -0.05) is 12.1 Å². The molecule has 3 aromatic rings. The number of hydrogen-bond acceptors (Lipinski definition) is 8. The topological polar surface area (TPSA) is 125 Å². The molecular weight excluding hydrogens is 412 g/mol. The van der Waals surface area contributed by atoms with Gasteiger partial charge in [-0.05, 0) is 29.8 Å². The van der Waals surface area contributed by atoms with E-state index in [0.717, 1.165) is 5.56 Å². The maximum Gasteiger partial charge on any atom is 0.244 e. The highest BCUT2D eigenvalue weighted by Gasteiger charge is 2.36. The minimum Gasteiger partial charge on any atom is -0.497 e. The van der Waals surface area contributed by atoms with E-state index in [1.807, 2.05) is 24.3 Å². The Hall–Kier alpha value is -4.32. The van der Waals surface area contributed by atoms with Gasteiger partial charge in [0.05, 0.1) is 45.6 Å². The first-order valence-electron chi connectivity index (χ1n) is 9.66. The van der Waals surface area contributed by atoms with Crippen LogP contribution >= 0.6 is 0 Å². The van der Waals surface area contributed by atoms with Crippen LogP contribution in [-0.2, 0) is 0 Å². The number of nitriles is 1. The Balaban J connectivity index is 1.98. The van der Waals surface area contributed by atoms with Crippen molar-refractivity contribution in [1.29, 1.82) is 5.26 Å². The van der Waals surface area contributed by atoms with Crippen molar-refractivity contribution in [2.45, 2.75) is 5.92 Å². The number of H-pyrrole nitrogens is 1. The molecule has 0 saturated carbocycles. The Morgan fingerprint density at radius 3 is 2.34 bits per heavy atom. The van der Waals surface area contributed by atoms with Gasteiger partial charge in [0.25, 0.3) is 0 Å². The molecule has 1 aliphatic heterocycles. The van der Waals surface area contributed by atoms with Crippen LogP contribution in [0.4, 0.5) is 0 Å². The number of ether oxygens (including phenoxy) is 5. The number of aromatic amines is 1. The van der Waals surface area contributed by atoms with Crippen molar-refractivity contribution in [3.05, 3.63) is 59.0 Å². The molecule has 0 unspecified atom stereocenters. The molecule has 0 radical (unpaired) electrons. The fraction of sp³-hybridized carbons (Fsp3) is 0.217. The Morgan fingerprint density at radius 1 is 1.03 bits per heavy atom. The molecule has 1 atom stereocenters. The monoisotopic (exact) mass is 434 g/mol. The third-order valence-corrected chi connectivity index (χ3v) is 5.32. The van der Waals surface area contributed by atoms with Crippen LogP contribution in [0.2, 0.25) is 0 Å². The van der Waals surface area contributed by atoms with Crippen LogP contribution in [0.3, 0.4) is 0 Å². The van der Waals surface area contributed by atoms with Gasteiger partial charge in [0, 0.05) is 5.56 Å².